The van der Waals surface area contributed by atoms with Crippen molar-refractivity contribution in [1.29, 1.82) is 0 Å². The fraction of sp³-hybridized carbons (Fsp3) is 0.273. The number of hydrogen-bond acceptors (Lipinski definition) is 3. The molecule has 6 heteroatoms. The predicted octanol–water partition coefficient (Wildman–Crippen LogP) is 0.817. The number of amides is 1. The summed E-state index contributed by atoms with van der Waals surface area (Å²) in [5.74, 6) is 0.0608. The van der Waals surface area contributed by atoms with Gasteiger partial charge in [-0.15, -0.1) is 0 Å². The van der Waals surface area contributed by atoms with Gasteiger partial charge < -0.3 is 20.9 Å². The zero-order valence-corrected chi connectivity index (χ0v) is 9.13. The molecule has 17 heavy (non-hydrogen) atoms. The third kappa shape index (κ3) is 2.01. The Bertz CT molecular complexity index is 485. The molecule has 1 heterocycles. The molecule has 4 N–H and O–H groups in total. The summed E-state index contributed by atoms with van der Waals surface area (Å²) in [7, 11) is 0. The van der Waals surface area contributed by atoms with Gasteiger partial charge in [-0.2, -0.15) is 0 Å². The van der Waals surface area contributed by atoms with Crippen molar-refractivity contribution in [1.82, 2.24) is 4.90 Å². The smallest absolute Gasteiger partial charge is 0.407 e. The van der Waals surface area contributed by atoms with Gasteiger partial charge in [-0.3, -0.25) is 0 Å². The van der Waals surface area contributed by atoms with Crippen molar-refractivity contribution in [2.24, 2.45) is 10.9 Å². The van der Waals surface area contributed by atoms with Crippen molar-refractivity contribution >= 4 is 11.9 Å². The van der Waals surface area contributed by atoms with E-state index in [1.54, 1.807) is 12.1 Å². The Morgan fingerprint density at radius 1 is 1.47 bits per heavy atom. The van der Waals surface area contributed by atoms with Crippen LogP contribution in [0.2, 0.25) is 0 Å². The van der Waals surface area contributed by atoms with Crippen LogP contribution in [0.25, 0.3) is 0 Å². The van der Waals surface area contributed by atoms with Crippen LogP contribution in [0, 0.1) is 0 Å². The second kappa shape index (κ2) is 4.32. The van der Waals surface area contributed by atoms with Crippen LogP contribution in [0.15, 0.2) is 23.4 Å². The van der Waals surface area contributed by atoms with Crippen molar-refractivity contribution in [3.8, 4) is 0 Å². The van der Waals surface area contributed by atoms with Gasteiger partial charge in [0.25, 0.3) is 0 Å². The minimum Gasteiger partial charge on any atom is -0.465 e. The molecule has 0 saturated carbocycles. The van der Waals surface area contributed by atoms with Gasteiger partial charge in [0.15, 0.2) is 5.84 Å². The standard InChI is InChI=1S/C11H13N3O3/c12-10(13-17)9-3-1-2-7-6-14(11(15)16)5-4-8(7)9/h1-3,17H,4-6H2,(H2,12,13)(H,15,16). The summed E-state index contributed by atoms with van der Waals surface area (Å²) in [6.45, 7) is 0.773. The molecule has 0 unspecified atom stereocenters. The van der Waals surface area contributed by atoms with Gasteiger partial charge in [0.05, 0.1) is 0 Å². The van der Waals surface area contributed by atoms with Crippen LogP contribution < -0.4 is 5.73 Å². The molecule has 1 aromatic carbocycles. The number of benzene rings is 1. The summed E-state index contributed by atoms with van der Waals surface area (Å²) in [6.07, 6.45) is -0.349. The van der Waals surface area contributed by atoms with Crippen molar-refractivity contribution < 1.29 is 15.1 Å². The van der Waals surface area contributed by atoms with Gasteiger partial charge >= 0.3 is 6.09 Å². The first-order chi connectivity index (χ1) is 8.13. The molecule has 0 bridgehead atoms. The van der Waals surface area contributed by atoms with Gasteiger partial charge in [-0.1, -0.05) is 23.4 Å². The van der Waals surface area contributed by atoms with E-state index in [9.17, 15) is 4.79 Å². The van der Waals surface area contributed by atoms with E-state index in [-0.39, 0.29) is 5.84 Å². The zero-order chi connectivity index (χ0) is 12.4. The maximum atomic E-state index is 10.9. The van der Waals surface area contributed by atoms with Gasteiger partial charge in [-0.05, 0) is 17.5 Å². The Hall–Kier alpha value is -2.24. The minimum atomic E-state index is -0.926. The first kappa shape index (κ1) is 11.3. The quantitative estimate of drug-likeness (QED) is 0.290. The highest BCUT2D eigenvalue weighted by atomic mass is 16.4. The summed E-state index contributed by atoms with van der Waals surface area (Å²) >= 11 is 0. The highest BCUT2D eigenvalue weighted by Crippen LogP contribution is 2.22. The largest absolute Gasteiger partial charge is 0.465 e. The lowest BCUT2D eigenvalue weighted by molar-refractivity contribution is 0.140. The highest BCUT2D eigenvalue weighted by Gasteiger charge is 2.22. The molecular formula is C11H13N3O3. The fourth-order valence-electron chi connectivity index (χ4n) is 2.07. The summed E-state index contributed by atoms with van der Waals surface area (Å²) in [5.41, 5.74) is 8.12. The second-order valence-electron chi connectivity index (χ2n) is 3.88. The summed E-state index contributed by atoms with van der Waals surface area (Å²) < 4.78 is 0. The van der Waals surface area contributed by atoms with E-state index in [4.69, 9.17) is 16.0 Å². The van der Waals surface area contributed by atoms with Crippen LogP contribution in [0.4, 0.5) is 4.79 Å². The number of oxime groups is 1. The highest BCUT2D eigenvalue weighted by molar-refractivity contribution is 5.98. The maximum Gasteiger partial charge on any atom is 0.407 e. The van der Waals surface area contributed by atoms with Crippen LogP contribution in [0.5, 0.6) is 0 Å². The molecule has 0 aliphatic carbocycles. The Balaban J connectivity index is 2.39. The molecular weight excluding hydrogens is 222 g/mol. The second-order valence-corrected chi connectivity index (χ2v) is 3.88. The lowest BCUT2D eigenvalue weighted by Crippen LogP contribution is -2.35. The van der Waals surface area contributed by atoms with Gasteiger partial charge in [0, 0.05) is 18.7 Å². The van der Waals surface area contributed by atoms with E-state index < -0.39 is 6.09 Å². The number of nitrogens with zero attached hydrogens (tertiary/aromatic N) is 2. The first-order valence-electron chi connectivity index (χ1n) is 5.20. The SMILES string of the molecule is NC(=NO)c1cccc2c1CCN(C(=O)O)C2. The predicted molar refractivity (Wildman–Crippen MR) is 61.1 cm³/mol. The lowest BCUT2D eigenvalue weighted by atomic mass is 9.94. The van der Waals surface area contributed by atoms with E-state index in [0.717, 1.165) is 11.1 Å². The molecule has 6 nitrogen and oxygen atoms in total. The Kier molecular flexibility index (Phi) is 2.86. The topological polar surface area (TPSA) is 99.2 Å². The average molecular weight is 235 g/mol. The van der Waals surface area contributed by atoms with Crippen LogP contribution in [-0.4, -0.2) is 33.7 Å². The van der Waals surface area contributed by atoms with Crippen molar-refractivity contribution in [2.45, 2.75) is 13.0 Å². The molecule has 1 aromatic rings. The Morgan fingerprint density at radius 3 is 2.88 bits per heavy atom. The third-order valence-corrected chi connectivity index (χ3v) is 2.92. The number of amidine groups is 1. The van der Waals surface area contributed by atoms with Crippen LogP contribution in [0.1, 0.15) is 16.7 Å². The van der Waals surface area contributed by atoms with E-state index in [2.05, 4.69) is 5.16 Å². The van der Waals surface area contributed by atoms with Crippen LogP contribution >= 0.6 is 0 Å². The number of fused-ring (bicyclic) bond motifs is 1. The minimum absolute atomic E-state index is 0.0608. The molecule has 1 aliphatic rings. The molecule has 0 fully saturated rings. The van der Waals surface area contributed by atoms with Crippen LogP contribution in [-0.2, 0) is 13.0 Å². The molecule has 2 rings (SSSR count). The van der Waals surface area contributed by atoms with Crippen LogP contribution in [0.3, 0.4) is 0 Å². The first-order valence-corrected chi connectivity index (χ1v) is 5.20. The van der Waals surface area contributed by atoms with E-state index >= 15 is 0 Å². The summed E-state index contributed by atoms with van der Waals surface area (Å²) in [6, 6.07) is 5.40. The molecule has 0 aromatic heterocycles. The average Bonchev–Trinajstić information content (AvgIpc) is 2.36. The van der Waals surface area contributed by atoms with Gasteiger partial charge in [0.1, 0.15) is 0 Å². The van der Waals surface area contributed by atoms with Gasteiger partial charge in [0.2, 0.25) is 0 Å². The molecule has 1 aliphatic heterocycles. The van der Waals surface area contributed by atoms with Gasteiger partial charge in [-0.25, -0.2) is 4.79 Å². The molecule has 0 atom stereocenters. The molecule has 0 saturated heterocycles. The van der Waals surface area contributed by atoms with E-state index in [1.165, 1.54) is 4.90 Å². The number of rotatable bonds is 1. The maximum absolute atomic E-state index is 10.9. The number of carbonyl (C=O) groups is 1. The monoisotopic (exact) mass is 235 g/mol. The Labute approximate surface area is 97.9 Å². The lowest BCUT2D eigenvalue weighted by Gasteiger charge is -2.27. The molecule has 0 radical (unpaired) electrons. The molecule has 1 amide bonds. The zero-order valence-electron chi connectivity index (χ0n) is 9.13. The normalized spacial score (nSPS) is 15.5. The van der Waals surface area contributed by atoms with Crippen molar-refractivity contribution in [3.63, 3.8) is 0 Å². The van der Waals surface area contributed by atoms with E-state index in [1.807, 2.05) is 6.07 Å². The number of carboxylic acid groups (broad SMARTS) is 1. The number of hydrogen-bond donors (Lipinski definition) is 3. The summed E-state index contributed by atoms with van der Waals surface area (Å²) in [4.78, 5) is 12.2. The van der Waals surface area contributed by atoms with E-state index in [0.29, 0.717) is 25.1 Å². The Morgan fingerprint density at radius 2 is 2.24 bits per heavy atom. The summed E-state index contributed by atoms with van der Waals surface area (Å²) in [5, 5.41) is 20.6. The molecule has 90 valence electrons. The fourth-order valence-corrected chi connectivity index (χ4v) is 2.07. The molecule has 0 spiro atoms. The number of nitrogens with two attached hydrogens (primary N) is 1. The third-order valence-electron chi connectivity index (χ3n) is 2.92. The van der Waals surface area contributed by atoms with Crippen molar-refractivity contribution in [3.05, 3.63) is 34.9 Å². The van der Waals surface area contributed by atoms with Crippen molar-refractivity contribution in [2.75, 3.05) is 6.54 Å².